The van der Waals surface area contributed by atoms with Crippen molar-refractivity contribution in [2.45, 2.75) is 13.8 Å². The van der Waals surface area contributed by atoms with Gasteiger partial charge < -0.3 is 4.84 Å². The maximum atomic E-state index is 12.8. The number of hydrogen-bond acceptors (Lipinski definition) is 3. The predicted octanol–water partition coefficient (Wildman–Crippen LogP) is 2.88. The van der Waals surface area contributed by atoms with Crippen molar-refractivity contribution in [1.29, 1.82) is 0 Å². The van der Waals surface area contributed by atoms with E-state index in [-0.39, 0.29) is 5.82 Å². The second-order valence-corrected chi connectivity index (χ2v) is 3.74. The summed E-state index contributed by atoms with van der Waals surface area (Å²) in [4.78, 5) is 15.0. The van der Waals surface area contributed by atoms with E-state index in [1.54, 1.807) is 13.0 Å². The van der Waals surface area contributed by atoms with Gasteiger partial charge in [-0.25, -0.2) is 9.18 Å². The van der Waals surface area contributed by atoms with Gasteiger partial charge in [0.1, 0.15) is 5.82 Å². The van der Waals surface area contributed by atoms with Gasteiger partial charge in [-0.05, 0) is 25.1 Å². The third kappa shape index (κ3) is 3.43. The lowest BCUT2D eigenvalue weighted by molar-refractivity contribution is -0.140. The second kappa shape index (κ2) is 5.02. The Morgan fingerprint density at radius 1 is 1.47 bits per heavy atom. The molecule has 1 aromatic carbocycles. The number of carbonyl (C=O) groups is 1. The van der Waals surface area contributed by atoms with Crippen LogP contribution in [0.4, 0.5) is 4.39 Å². The first kappa shape index (κ1) is 11.8. The minimum Gasteiger partial charge on any atom is -0.318 e. The number of hydrogen-bond donors (Lipinski definition) is 0. The molecule has 0 atom stereocenters. The van der Waals surface area contributed by atoms with Crippen LogP contribution in [-0.2, 0) is 9.63 Å². The van der Waals surface area contributed by atoms with Crippen LogP contribution < -0.4 is 0 Å². The lowest BCUT2D eigenvalue weighted by Crippen LogP contribution is -2.00. The van der Waals surface area contributed by atoms with E-state index in [4.69, 9.17) is 0 Å². The molecule has 0 aromatic heterocycles. The molecule has 0 amide bonds. The van der Waals surface area contributed by atoms with Gasteiger partial charge in [-0.15, -0.1) is 0 Å². The van der Waals surface area contributed by atoms with Crippen LogP contribution in [0.15, 0.2) is 27.8 Å². The summed E-state index contributed by atoms with van der Waals surface area (Å²) in [6, 6.07) is 4.19. The molecule has 80 valence electrons. The third-order valence-corrected chi connectivity index (χ3v) is 2.29. The average molecular weight is 274 g/mol. The summed E-state index contributed by atoms with van der Waals surface area (Å²) < 4.78 is 13.3. The van der Waals surface area contributed by atoms with E-state index < -0.39 is 5.97 Å². The van der Waals surface area contributed by atoms with Crippen molar-refractivity contribution in [3.05, 3.63) is 34.1 Å². The molecule has 0 radical (unpaired) electrons. The summed E-state index contributed by atoms with van der Waals surface area (Å²) in [7, 11) is 0. The smallest absolute Gasteiger partial charge is 0.318 e. The molecular formula is C10H9BrFNO2. The molecule has 0 aliphatic rings. The number of nitrogens with zero attached hydrogens (tertiary/aromatic N) is 1. The molecule has 0 saturated carbocycles. The topological polar surface area (TPSA) is 38.7 Å². The van der Waals surface area contributed by atoms with Crippen molar-refractivity contribution in [3.63, 3.8) is 0 Å². The molecule has 15 heavy (non-hydrogen) atoms. The van der Waals surface area contributed by atoms with Crippen LogP contribution in [0.1, 0.15) is 19.4 Å². The van der Waals surface area contributed by atoms with Crippen LogP contribution in [0.5, 0.6) is 0 Å². The predicted molar refractivity (Wildman–Crippen MR) is 58.1 cm³/mol. The fraction of sp³-hybridized carbons (Fsp3) is 0.200. The first-order valence-corrected chi connectivity index (χ1v) is 4.97. The lowest BCUT2D eigenvalue weighted by Gasteiger charge is -2.02. The Kier molecular flexibility index (Phi) is 3.96. The Balaban J connectivity index is 2.95. The minimum absolute atomic E-state index is 0.342. The minimum atomic E-state index is -0.493. The molecule has 0 aliphatic heterocycles. The van der Waals surface area contributed by atoms with Crippen LogP contribution in [0.3, 0.4) is 0 Å². The second-order valence-electron chi connectivity index (χ2n) is 2.88. The standard InChI is InChI=1S/C10H9BrFNO2/c1-6(13-15-7(2)14)9-4-3-8(12)5-10(9)11/h3-5H,1-2H3/b13-6+. The molecule has 1 aromatic rings. The van der Waals surface area contributed by atoms with Gasteiger partial charge in [0.25, 0.3) is 0 Å². The summed E-state index contributed by atoms with van der Waals surface area (Å²) in [5, 5.41) is 3.60. The molecule has 0 fully saturated rings. The van der Waals surface area contributed by atoms with Gasteiger partial charge in [-0.3, -0.25) is 0 Å². The van der Waals surface area contributed by atoms with Crippen molar-refractivity contribution in [1.82, 2.24) is 0 Å². The molecule has 0 saturated heterocycles. The highest BCUT2D eigenvalue weighted by Gasteiger charge is 2.05. The van der Waals surface area contributed by atoms with Crippen LogP contribution in [0.2, 0.25) is 0 Å². The molecular weight excluding hydrogens is 265 g/mol. The molecule has 0 spiro atoms. The Bertz CT molecular complexity index is 418. The molecule has 0 aliphatic carbocycles. The van der Waals surface area contributed by atoms with E-state index in [9.17, 15) is 9.18 Å². The summed E-state index contributed by atoms with van der Waals surface area (Å²) in [5.74, 6) is -0.835. The maximum Gasteiger partial charge on any atom is 0.331 e. The van der Waals surface area contributed by atoms with Gasteiger partial charge >= 0.3 is 5.97 Å². The Labute approximate surface area is 95.0 Å². The van der Waals surface area contributed by atoms with Gasteiger partial charge in [0.2, 0.25) is 0 Å². The van der Waals surface area contributed by atoms with E-state index in [1.807, 2.05) is 0 Å². The van der Waals surface area contributed by atoms with Crippen molar-refractivity contribution in [3.8, 4) is 0 Å². The summed E-state index contributed by atoms with van der Waals surface area (Å²) in [6.07, 6.45) is 0. The zero-order valence-electron chi connectivity index (χ0n) is 8.25. The number of rotatable bonds is 2. The van der Waals surface area contributed by atoms with Crippen LogP contribution >= 0.6 is 15.9 Å². The Hall–Kier alpha value is -1.23. The first-order chi connectivity index (χ1) is 7.00. The maximum absolute atomic E-state index is 12.8. The van der Waals surface area contributed by atoms with Crippen LogP contribution in [0.25, 0.3) is 0 Å². The quantitative estimate of drug-likeness (QED) is 0.472. The van der Waals surface area contributed by atoms with Crippen molar-refractivity contribution in [2.75, 3.05) is 0 Å². The molecule has 0 heterocycles. The van der Waals surface area contributed by atoms with Gasteiger partial charge in [0.15, 0.2) is 0 Å². The van der Waals surface area contributed by atoms with Gasteiger partial charge in [0.05, 0.1) is 5.71 Å². The molecule has 1 rings (SSSR count). The molecule has 0 bridgehead atoms. The molecule has 5 heteroatoms. The Morgan fingerprint density at radius 2 is 2.13 bits per heavy atom. The average Bonchev–Trinajstić information content (AvgIpc) is 2.14. The largest absolute Gasteiger partial charge is 0.331 e. The molecule has 3 nitrogen and oxygen atoms in total. The van der Waals surface area contributed by atoms with Crippen LogP contribution in [0, 0.1) is 5.82 Å². The van der Waals surface area contributed by atoms with Gasteiger partial charge in [0, 0.05) is 17.0 Å². The number of benzene rings is 1. The van der Waals surface area contributed by atoms with E-state index in [1.165, 1.54) is 19.1 Å². The zero-order chi connectivity index (χ0) is 11.4. The van der Waals surface area contributed by atoms with Crippen LogP contribution in [-0.4, -0.2) is 11.7 Å². The fourth-order valence-corrected chi connectivity index (χ4v) is 1.60. The fourth-order valence-electron chi connectivity index (χ4n) is 0.965. The highest BCUT2D eigenvalue weighted by molar-refractivity contribution is 9.10. The van der Waals surface area contributed by atoms with E-state index in [2.05, 4.69) is 25.9 Å². The van der Waals surface area contributed by atoms with E-state index in [0.717, 1.165) is 0 Å². The van der Waals surface area contributed by atoms with E-state index in [0.29, 0.717) is 15.7 Å². The summed E-state index contributed by atoms with van der Waals surface area (Å²) >= 11 is 3.19. The summed E-state index contributed by atoms with van der Waals surface area (Å²) in [5.41, 5.74) is 1.18. The van der Waals surface area contributed by atoms with E-state index >= 15 is 0 Å². The number of carbonyl (C=O) groups excluding carboxylic acids is 1. The number of oxime groups is 1. The van der Waals surface area contributed by atoms with Crippen molar-refractivity contribution >= 4 is 27.6 Å². The molecule has 0 N–H and O–H groups in total. The monoisotopic (exact) mass is 273 g/mol. The first-order valence-electron chi connectivity index (χ1n) is 4.18. The third-order valence-electron chi connectivity index (χ3n) is 1.63. The SMILES string of the molecule is CC(=O)O/N=C(\C)c1ccc(F)cc1Br. The van der Waals surface area contributed by atoms with Crippen molar-refractivity contribution in [2.24, 2.45) is 5.16 Å². The zero-order valence-corrected chi connectivity index (χ0v) is 9.84. The van der Waals surface area contributed by atoms with Crippen molar-refractivity contribution < 1.29 is 14.0 Å². The molecule has 0 unspecified atom stereocenters. The highest BCUT2D eigenvalue weighted by Crippen LogP contribution is 2.18. The normalized spacial score (nSPS) is 11.3. The van der Waals surface area contributed by atoms with Gasteiger partial charge in [-0.2, -0.15) is 0 Å². The summed E-state index contributed by atoms with van der Waals surface area (Å²) in [6.45, 7) is 2.93. The lowest BCUT2D eigenvalue weighted by atomic mass is 10.1. The Morgan fingerprint density at radius 3 is 2.67 bits per heavy atom. The van der Waals surface area contributed by atoms with Gasteiger partial charge in [-0.1, -0.05) is 21.1 Å². The number of halogens is 2. The highest BCUT2D eigenvalue weighted by atomic mass is 79.9.